The van der Waals surface area contributed by atoms with Crippen molar-refractivity contribution in [1.29, 1.82) is 0 Å². The van der Waals surface area contributed by atoms with Gasteiger partial charge in [-0.25, -0.2) is 9.78 Å². The molecule has 1 atom stereocenters. The number of rotatable bonds is 6. The van der Waals surface area contributed by atoms with Crippen molar-refractivity contribution in [3.8, 4) is 5.75 Å². The second-order valence-electron chi connectivity index (χ2n) is 7.61. The van der Waals surface area contributed by atoms with Gasteiger partial charge >= 0.3 is 6.09 Å². The van der Waals surface area contributed by atoms with Gasteiger partial charge in [0.2, 0.25) is 0 Å². The second-order valence-corrected chi connectivity index (χ2v) is 9.66. The minimum atomic E-state index is -1.18. The van der Waals surface area contributed by atoms with Gasteiger partial charge in [-0.15, -0.1) is 0 Å². The highest BCUT2D eigenvalue weighted by Crippen LogP contribution is 2.38. The predicted octanol–water partition coefficient (Wildman–Crippen LogP) is 6.06. The van der Waals surface area contributed by atoms with Crippen LogP contribution in [-0.4, -0.2) is 28.3 Å². The van der Waals surface area contributed by atoms with Crippen LogP contribution in [0.1, 0.15) is 26.3 Å². The first-order valence-corrected chi connectivity index (χ1v) is 10.5. The molecule has 6 nitrogen and oxygen atoms in total. The number of carboxylic acid groups (broad SMARTS) is 1. The van der Waals surface area contributed by atoms with Gasteiger partial charge in [-0.05, 0) is 39.0 Å². The first-order chi connectivity index (χ1) is 13.3. The lowest BCUT2D eigenvalue weighted by Gasteiger charge is -2.44. The summed E-state index contributed by atoms with van der Waals surface area (Å²) >= 11 is 21.6. The molecule has 2 aromatic rings. The second kappa shape index (κ2) is 9.16. The van der Waals surface area contributed by atoms with Gasteiger partial charge in [0.05, 0.1) is 10.0 Å². The number of hydrogen-bond acceptors (Lipinski definition) is 4. The minimum Gasteiger partial charge on any atom is -0.487 e. The Labute approximate surface area is 192 Å². The molecule has 0 aliphatic carbocycles. The van der Waals surface area contributed by atoms with Gasteiger partial charge in [0.25, 0.3) is 0 Å². The first-order valence-electron chi connectivity index (χ1n) is 8.54. The van der Waals surface area contributed by atoms with E-state index in [9.17, 15) is 9.90 Å². The minimum absolute atomic E-state index is 0.0261. The Kier molecular flexibility index (Phi) is 7.54. The number of halogens is 4. The number of nitrogen functional groups attached to an aromatic ring is 1. The molecule has 1 heterocycles. The number of amides is 1. The summed E-state index contributed by atoms with van der Waals surface area (Å²) in [6.07, 6.45) is -0.919. The lowest BCUT2D eigenvalue weighted by Crippen LogP contribution is -2.62. The van der Waals surface area contributed by atoms with Crippen molar-refractivity contribution in [2.45, 2.75) is 32.7 Å². The van der Waals surface area contributed by atoms with Crippen LogP contribution < -0.4 is 15.8 Å². The molecule has 29 heavy (non-hydrogen) atoms. The average molecular weight is 526 g/mol. The SMILES string of the molecule is CC(C)(C)[C@](COc1cc(Br)c(Cl)nc1N)(Cc1ccc(Cl)cc1Cl)NC(=O)O. The van der Waals surface area contributed by atoms with E-state index in [1.807, 2.05) is 20.8 Å². The number of benzene rings is 1. The average Bonchev–Trinajstić information content (AvgIpc) is 2.57. The van der Waals surface area contributed by atoms with E-state index in [1.54, 1.807) is 24.3 Å². The molecule has 0 aliphatic heterocycles. The molecule has 10 heteroatoms. The first kappa shape index (κ1) is 23.9. The van der Waals surface area contributed by atoms with Crippen LogP contribution in [-0.2, 0) is 6.42 Å². The van der Waals surface area contributed by atoms with Gasteiger partial charge in [0.15, 0.2) is 11.6 Å². The number of hydrogen-bond donors (Lipinski definition) is 3. The van der Waals surface area contributed by atoms with Gasteiger partial charge in [-0.2, -0.15) is 0 Å². The molecule has 0 unspecified atom stereocenters. The molecule has 0 spiro atoms. The van der Waals surface area contributed by atoms with Crippen molar-refractivity contribution in [3.63, 3.8) is 0 Å². The van der Waals surface area contributed by atoms with Crippen molar-refractivity contribution in [2.75, 3.05) is 12.3 Å². The maximum Gasteiger partial charge on any atom is 0.405 e. The van der Waals surface area contributed by atoms with Gasteiger partial charge in [0.1, 0.15) is 11.8 Å². The van der Waals surface area contributed by atoms with Crippen molar-refractivity contribution in [2.24, 2.45) is 5.41 Å². The highest BCUT2D eigenvalue weighted by atomic mass is 79.9. The smallest absolute Gasteiger partial charge is 0.405 e. The van der Waals surface area contributed by atoms with Crippen LogP contribution in [0.15, 0.2) is 28.7 Å². The maximum atomic E-state index is 11.7. The zero-order valence-corrected chi connectivity index (χ0v) is 19.9. The van der Waals surface area contributed by atoms with Gasteiger partial charge < -0.3 is 20.9 Å². The zero-order chi connectivity index (χ0) is 22.0. The molecule has 158 valence electrons. The summed E-state index contributed by atoms with van der Waals surface area (Å²) in [5.41, 5.74) is 5.04. The molecule has 0 saturated heterocycles. The molecule has 2 rings (SSSR count). The van der Waals surface area contributed by atoms with E-state index in [0.29, 0.717) is 14.5 Å². The molecule has 0 aliphatic rings. The summed E-state index contributed by atoms with van der Waals surface area (Å²) in [5.74, 6) is 0.380. The third-order valence-electron chi connectivity index (χ3n) is 4.69. The van der Waals surface area contributed by atoms with Gasteiger partial charge in [-0.3, -0.25) is 0 Å². The Hall–Kier alpha value is -1.41. The highest BCUT2D eigenvalue weighted by molar-refractivity contribution is 9.10. The van der Waals surface area contributed by atoms with E-state index in [0.717, 1.165) is 5.56 Å². The quantitative estimate of drug-likeness (QED) is 0.398. The van der Waals surface area contributed by atoms with Crippen LogP contribution in [0.4, 0.5) is 10.6 Å². The van der Waals surface area contributed by atoms with Crippen LogP contribution in [0.2, 0.25) is 15.2 Å². The monoisotopic (exact) mass is 523 g/mol. The normalized spacial score (nSPS) is 13.6. The number of nitrogens with two attached hydrogens (primary N) is 1. The van der Waals surface area contributed by atoms with E-state index in [1.165, 1.54) is 0 Å². The van der Waals surface area contributed by atoms with E-state index < -0.39 is 17.0 Å². The van der Waals surface area contributed by atoms with Gasteiger partial charge in [-0.1, -0.05) is 61.6 Å². The lowest BCUT2D eigenvalue weighted by molar-refractivity contribution is 0.0689. The van der Waals surface area contributed by atoms with E-state index >= 15 is 0 Å². The summed E-state index contributed by atoms with van der Waals surface area (Å²) in [5, 5.41) is 13.3. The third kappa shape index (κ3) is 5.81. The topological polar surface area (TPSA) is 97.5 Å². The van der Waals surface area contributed by atoms with E-state index in [-0.39, 0.29) is 29.7 Å². The van der Waals surface area contributed by atoms with Crippen LogP contribution in [0.5, 0.6) is 5.75 Å². The number of nitrogens with one attached hydrogen (secondary N) is 1. The fraction of sp³-hybridized carbons (Fsp3) is 0.368. The summed E-state index contributed by atoms with van der Waals surface area (Å²) in [4.78, 5) is 15.7. The van der Waals surface area contributed by atoms with Gasteiger partial charge in [0, 0.05) is 22.5 Å². The Balaban J connectivity index is 2.45. The van der Waals surface area contributed by atoms with Crippen molar-refractivity contribution < 1.29 is 14.6 Å². The molecule has 0 saturated carbocycles. The number of anilines is 1. The van der Waals surface area contributed by atoms with Crippen molar-refractivity contribution >= 4 is 62.6 Å². The van der Waals surface area contributed by atoms with Crippen LogP contribution >= 0.6 is 50.7 Å². The zero-order valence-electron chi connectivity index (χ0n) is 16.0. The summed E-state index contributed by atoms with van der Waals surface area (Å²) in [6.45, 7) is 5.71. The molecule has 1 aromatic heterocycles. The Bertz CT molecular complexity index is 922. The molecular weight excluding hydrogens is 504 g/mol. The molecule has 1 amide bonds. The fourth-order valence-corrected chi connectivity index (χ4v) is 3.69. The summed E-state index contributed by atoms with van der Waals surface area (Å²) in [7, 11) is 0. The fourth-order valence-electron chi connectivity index (χ4n) is 2.77. The summed E-state index contributed by atoms with van der Waals surface area (Å²) < 4.78 is 6.44. The maximum absolute atomic E-state index is 11.7. The lowest BCUT2D eigenvalue weighted by atomic mass is 9.70. The standard InChI is InChI=1S/C19H21BrCl3N3O3/c1-18(2,3)19(26-17(27)28,8-10-4-5-11(21)6-13(10)22)9-29-14-7-12(20)15(23)25-16(14)24/h4-7,26H,8-9H2,1-3H3,(H2,24,25)(H,27,28)/t19-/m1/s1. The number of carbonyl (C=O) groups is 1. The highest BCUT2D eigenvalue weighted by Gasteiger charge is 2.45. The Morgan fingerprint density at radius 3 is 2.48 bits per heavy atom. The van der Waals surface area contributed by atoms with E-state index in [4.69, 9.17) is 45.3 Å². The third-order valence-corrected chi connectivity index (χ3v) is 6.40. The van der Waals surface area contributed by atoms with Crippen LogP contribution in [0.3, 0.4) is 0 Å². The predicted molar refractivity (Wildman–Crippen MR) is 120 cm³/mol. The number of pyridine rings is 1. The molecule has 1 aromatic carbocycles. The number of aromatic nitrogens is 1. The van der Waals surface area contributed by atoms with Crippen LogP contribution in [0, 0.1) is 5.41 Å². The number of ether oxygens (including phenoxy) is 1. The van der Waals surface area contributed by atoms with E-state index in [2.05, 4.69) is 26.2 Å². The van der Waals surface area contributed by atoms with Crippen molar-refractivity contribution in [1.82, 2.24) is 10.3 Å². The number of nitrogens with zero attached hydrogens (tertiary/aromatic N) is 1. The molecule has 0 radical (unpaired) electrons. The molecular formula is C19H21BrCl3N3O3. The van der Waals surface area contributed by atoms with Crippen LogP contribution in [0.25, 0.3) is 0 Å². The molecule has 0 bridgehead atoms. The molecule has 4 N–H and O–H groups in total. The summed E-state index contributed by atoms with van der Waals surface area (Å²) in [6, 6.07) is 6.68. The Morgan fingerprint density at radius 1 is 1.28 bits per heavy atom. The largest absolute Gasteiger partial charge is 0.487 e. The van der Waals surface area contributed by atoms with Crippen molar-refractivity contribution in [3.05, 3.63) is 49.5 Å². The Morgan fingerprint density at radius 2 is 1.93 bits per heavy atom. The molecule has 0 fully saturated rings.